The van der Waals surface area contributed by atoms with Crippen LogP contribution in [-0.2, 0) is 16.1 Å². The van der Waals surface area contributed by atoms with Gasteiger partial charge in [-0.2, -0.15) is 0 Å². The fourth-order valence-electron chi connectivity index (χ4n) is 3.16. The van der Waals surface area contributed by atoms with Gasteiger partial charge in [0.05, 0.1) is 0 Å². The van der Waals surface area contributed by atoms with Crippen LogP contribution in [0, 0.1) is 11.8 Å². The number of ether oxygens (including phenoxy) is 1. The number of likely N-dealkylation sites (tertiary alicyclic amines) is 1. The number of amides is 1. The maximum Gasteiger partial charge on any atom is 0.410 e. The van der Waals surface area contributed by atoms with Crippen LogP contribution in [-0.4, -0.2) is 30.0 Å². The zero-order valence-electron chi connectivity index (χ0n) is 11.2. The van der Waals surface area contributed by atoms with Crippen molar-refractivity contribution in [2.45, 2.75) is 19.4 Å². The Balaban J connectivity index is 1.52. The Morgan fingerprint density at radius 1 is 1.20 bits per heavy atom. The molecule has 1 aliphatic carbocycles. The zero-order valence-corrected chi connectivity index (χ0v) is 11.2. The SMILES string of the molecule is O=C=C1C[C@@H]2CN(C(=O)OCc3ccccc3)C[C@@H]2C1. The molecule has 0 N–H and O–H groups in total. The summed E-state index contributed by atoms with van der Waals surface area (Å²) in [6.07, 6.45) is 1.33. The van der Waals surface area contributed by atoms with E-state index in [4.69, 9.17) is 4.74 Å². The largest absolute Gasteiger partial charge is 0.445 e. The Kier molecular flexibility index (Phi) is 3.57. The molecule has 1 aromatic rings. The summed E-state index contributed by atoms with van der Waals surface area (Å²) >= 11 is 0. The molecule has 1 aromatic carbocycles. The molecule has 0 radical (unpaired) electrons. The van der Waals surface area contributed by atoms with Crippen molar-refractivity contribution in [2.75, 3.05) is 13.1 Å². The molecule has 0 aromatic heterocycles. The van der Waals surface area contributed by atoms with Crippen LogP contribution in [0.3, 0.4) is 0 Å². The number of carbonyl (C=O) groups excluding carboxylic acids is 2. The molecule has 1 saturated heterocycles. The minimum Gasteiger partial charge on any atom is -0.445 e. The predicted octanol–water partition coefficient (Wildman–Crippen LogP) is 2.42. The number of hydrogen-bond donors (Lipinski definition) is 0. The van der Waals surface area contributed by atoms with Gasteiger partial charge in [0.25, 0.3) is 0 Å². The van der Waals surface area contributed by atoms with Gasteiger partial charge >= 0.3 is 6.09 Å². The average Bonchev–Trinajstić information content (AvgIpc) is 3.04. The molecule has 20 heavy (non-hydrogen) atoms. The summed E-state index contributed by atoms with van der Waals surface area (Å²) in [6.45, 7) is 1.71. The van der Waals surface area contributed by atoms with Crippen molar-refractivity contribution >= 4 is 12.0 Å². The molecule has 1 amide bonds. The summed E-state index contributed by atoms with van der Waals surface area (Å²) in [5.74, 6) is 2.84. The topological polar surface area (TPSA) is 46.6 Å². The minimum absolute atomic E-state index is 0.250. The van der Waals surface area contributed by atoms with Crippen LogP contribution < -0.4 is 0 Å². The van der Waals surface area contributed by atoms with Gasteiger partial charge in [-0.05, 0) is 30.2 Å². The second kappa shape index (κ2) is 5.51. The summed E-state index contributed by atoms with van der Waals surface area (Å²) in [7, 11) is 0. The summed E-state index contributed by atoms with van der Waals surface area (Å²) < 4.78 is 5.33. The number of hydrogen-bond acceptors (Lipinski definition) is 3. The first-order chi connectivity index (χ1) is 9.76. The highest BCUT2D eigenvalue weighted by atomic mass is 16.6. The molecule has 0 unspecified atom stereocenters. The highest BCUT2D eigenvalue weighted by molar-refractivity contribution is 5.68. The highest BCUT2D eigenvalue weighted by Gasteiger charge is 2.41. The van der Waals surface area contributed by atoms with Crippen LogP contribution in [0.2, 0.25) is 0 Å². The van der Waals surface area contributed by atoms with E-state index < -0.39 is 0 Å². The van der Waals surface area contributed by atoms with Gasteiger partial charge in [-0.3, -0.25) is 0 Å². The van der Waals surface area contributed by atoms with Crippen molar-refractivity contribution in [3.8, 4) is 0 Å². The van der Waals surface area contributed by atoms with E-state index in [1.807, 2.05) is 36.3 Å². The molecule has 1 heterocycles. The smallest absolute Gasteiger partial charge is 0.410 e. The Morgan fingerprint density at radius 3 is 2.45 bits per heavy atom. The number of carbonyl (C=O) groups is 1. The first-order valence-corrected chi connectivity index (χ1v) is 6.94. The molecule has 2 aliphatic rings. The molecule has 3 rings (SSSR count). The summed E-state index contributed by atoms with van der Waals surface area (Å²) in [5.41, 5.74) is 1.86. The van der Waals surface area contributed by atoms with Crippen LogP contribution in [0.1, 0.15) is 18.4 Å². The van der Waals surface area contributed by atoms with Gasteiger partial charge in [0.1, 0.15) is 12.5 Å². The quantitative estimate of drug-likeness (QED) is 0.776. The molecule has 1 saturated carbocycles. The monoisotopic (exact) mass is 271 g/mol. The Bertz CT molecular complexity index is 532. The Hall–Kier alpha value is -2.06. The normalized spacial score (nSPS) is 24.4. The molecule has 0 spiro atoms. The van der Waals surface area contributed by atoms with E-state index in [1.54, 1.807) is 4.90 Å². The van der Waals surface area contributed by atoms with E-state index >= 15 is 0 Å². The fraction of sp³-hybridized carbons (Fsp3) is 0.438. The molecule has 1 aliphatic heterocycles. The number of benzene rings is 1. The van der Waals surface area contributed by atoms with E-state index in [9.17, 15) is 9.59 Å². The van der Waals surface area contributed by atoms with Crippen molar-refractivity contribution in [3.63, 3.8) is 0 Å². The number of rotatable bonds is 2. The van der Waals surface area contributed by atoms with Gasteiger partial charge < -0.3 is 9.64 Å². The minimum atomic E-state index is -0.250. The van der Waals surface area contributed by atoms with E-state index in [2.05, 4.69) is 0 Å². The maximum atomic E-state index is 12.0. The summed E-state index contributed by atoms with van der Waals surface area (Å²) in [6, 6.07) is 9.67. The van der Waals surface area contributed by atoms with Crippen molar-refractivity contribution < 1.29 is 14.3 Å². The molecule has 2 atom stereocenters. The lowest BCUT2D eigenvalue weighted by Crippen LogP contribution is -2.30. The van der Waals surface area contributed by atoms with Crippen molar-refractivity contribution in [1.82, 2.24) is 4.90 Å². The molecule has 4 nitrogen and oxygen atoms in total. The lowest BCUT2D eigenvalue weighted by atomic mass is 10.0. The first-order valence-electron chi connectivity index (χ1n) is 6.94. The second-order valence-electron chi connectivity index (χ2n) is 5.58. The fourth-order valence-corrected chi connectivity index (χ4v) is 3.16. The summed E-state index contributed by atoms with van der Waals surface area (Å²) in [4.78, 5) is 24.4. The van der Waals surface area contributed by atoms with Gasteiger partial charge in [-0.1, -0.05) is 30.3 Å². The lowest BCUT2D eigenvalue weighted by molar-refractivity contribution is 0.102. The van der Waals surface area contributed by atoms with Gasteiger partial charge in [-0.15, -0.1) is 0 Å². The third-order valence-electron chi connectivity index (χ3n) is 4.20. The van der Waals surface area contributed by atoms with Crippen molar-refractivity contribution in [3.05, 3.63) is 41.5 Å². The lowest BCUT2D eigenvalue weighted by Gasteiger charge is -2.17. The van der Waals surface area contributed by atoms with Gasteiger partial charge in [0.2, 0.25) is 0 Å². The first kappa shape index (κ1) is 12.9. The van der Waals surface area contributed by atoms with Gasteiger partial charge in [-0.25, -0.2) is 9.59 Å². The number of nitrogens with zero attached hydrogens (tertiary/aromatic N) is 1. The van der Waals surface area contributed by atoms with Crippen LogP contribution in [0.5, 0.6) is 0 Å². The van der Waals surface area contributed by atoms with Crippen molar-refractivity contribution in [1.29, 1.82) is 0 Å². The second-order valence-corrected chi connectivity index (χ2v) is 5.58. The van der Waals surface area contributed by atoms with Crippen LogP contribution in [0.25, 0.3) is 0 Å². The average molecular weight is 271 g/mol. The third kappa shape index (κ3) is 2.61. The number of allylic oxidation sites excluding steroid dienone is 1. The molecule has 4 heteroatoms. The molecular weight excluding hydrogens is 254 g/mol. The third-order valence-corrected chi connectivity index (χ3v) is 4.20. The van der Waals surface area contributed by atoms with E-state index in [-0.39, 0.29) is 6.09 Å². The van der Waals surface area contributed by atoms with Crippen LogP contribution in [0.4, 0.5) is 4.79 Å². The predicted molar refractivity (Wildman–Crippen MR) is 73.6 cm³/mol. The molecule has 104 valence electrons. The molecule has 0 bridgehead atoms. The van der Waals surface area contributed by atoms with E-state index in [0.717, 1.165) is 24.0 Å². The van der Waals surface area contributed by atoms with Crippen LogP contribution in [0.15, 0.2) is 35.9 Å². The standard InChI is InChI=1S/C16H17NO3/c18-10-13-6-14-8-17(9-15(14)7-13)16(19)20-11-12-4-2-1-3-5-12/h1-5,14-15H,6-9,11H2/t14-,15+. The van der Waals surface area contributed by atoms with Crippen molar-refractivity contribution in [2.24, 2.45) is 11.8 Å². The maximum absolute atomic E-state index is 12.0. The summed E-state index contributed by atoms with van der Waals surface area (Å²) in [5, 5.41) is 0. The zero-order chi connectivity index (χ0) is 13.9. The highest BCUT2D eigenvalue weighted by Crippen LogP contribution is 2.40. The van der Waals surface area contributed by atoms with E-state index in [1.165, 1.54) is 0 Å². The Morgan fingerprint density at radius 2 is 1.85 bits per heavy atom. The molecular formula is C16H17NO3. The van der Waals surface area contributed by atoms with Crippen LogP contribution >= 0.6 is 0 Å². The molecule has 2 fully saturated rings. The van der Waals surface area contributed by atoms with Gasteiger partial charge in [0, 0.05) is 18.7 Å². The Labute approximate surface area is 118 Å². The number of fused-ring (bicyclic) bond motifs is 1. The van der Waals surface area contributed by atoms with Gasteiger partial charge in [0.15, 0.2) is 0 Å². The van der Waals surface area contributed by atoms with E-state index in [0.29, 0.717) is 31.5 Å².